The summed E-state index contributed by atoms with van der Waals surface area (Å²) in [6.07, 6.45) is 5.90. The number of aromatic nitrogens is 1. The first-order valence-corrected chi connectivity index (χ1v) is 5.91. The number of hydrogen-bond acceptors (Lipinski definition) is 1. The molecule has 0 N–H and O–H groups in total. The van der Waals surface area contributed by atoms with Crippen LogP contribution in [0.5, 0.6) is 0 Å². The molecule has 1 heterocycles. The van der Waals surface area contributed by atoms with Crippen LogP contribution in [0.3, 0.4) is 0 Å². The molecule has 1 aromatic heterocycles. The summed E-state index contributed by atoms with van der Waals surface area (Å²) in [6.45, 7) is 0. The van der Waals surface area contributed by atoms with Crippen LogP contribution in [0.15, 0.2) is 24.3 Å². The Balaban J connectivity index is 2.20. The minimum absolute atomic E-state index is 0.178. The van der Waals surface area contributed by atoms with Crippen molar-refractivity contribution in [1.29, 1.82) is 0 Å². The van der Waals surface area contributed by atoms with Gasteiger partial charge in [-0.1, -0.05) is 6.42 Å². The van der Waals surface area contributed by atoms with Gasteiger partial charge in [0, 0.05) is 11.1 Å². The van der Waals surface area contributed by atoms with Crippen molar-refractivity contribution in [3.8, 4) is 0 Å². The molecule has 1 aliphatic rings. The van der Waals surface area contributed by atoms with E-state index < -0.39 is 0 Å². The molecule has 2 heteroatoms. The second-order valence-corrected chi connectivity index (χ2v) is 4.49. The van der Waals surface area contributed by atoms with Crippen molar-refractivity contribution >= 4 is 10.9 Å². The van der Waals surface area contributed by atoms with Crippen LogP contribution in [0, 0.1) is 5.82 Å². The van der Waals surface area contributed by atoms with E-state index in [4.69, 9.17) is 0 Å². The van der Waals surface area contributed by atoms with Crippen LogP contribution in [-0.2, 0) is 12.8 Å². The smallest absolute Gasteiger partial charge is 0.123 e. The second kappa shape index (κ2) is 3.85. The van der Waals surface area contributed by atoms with Crippen molar-refractivity contribution in [2.45, 2.75) is 32.1 Å². The molecule has 0 spiro atoms. The zero-order valence-corrected chi connectivity index (χ0v) is 9.17. The number of pyridine rings is 1. The lowest BCUT2D eigenvalue weighted by Crippen LogP contribution is -1.96. The van der Waals surface area contributed by atoms with Gasteiger partial charge in [0.05, 0.1) is 5.52 Å². The van der Waals surface area contributed by atoms with Crippen LogP contribution in [-0.4, -0.2) is 4.98 Å². The second-order valence-electron chi connectivity index (χ2n) is 4.49. The largest absolute Gasteiger partial charge is 0.253 e. The average Bonchev–Trinajstić information content (AvgIpc) is 2.50. The number of halogens is 1. The molecule has 0 aliphatic heterocycles. The Morgan fingerprint density at radius 3 is 2.81 bits per heavy atom. The summed E-state index contributed by atoms with van der Waals surface area (Å²) in [5, 5.41) is 0.931. The molecule has 0 amide bonds. The predicted molar refractivity (Wildman–Crippen MR) is 63.0 cm³/mol. The summed E-state index contributed by atoms with van der Waals surface area (Å²) in [7, 11) is 0. The monoisotopic (exact) mass is 215 g/mol. The van der Waals surface area contributed by atoms with Gasteiger partial charge in [0.15, 0.2) is 0 Å². The van der Waals surface area contributed by atoms with E-state index in [1.54, 1.807) is 12.1 Å². The average molecular weight is 215 g/mol. The molecule has 0 unspecified atom stereocenters. The quantitative estimate of drug-likeness (QED) is 0.611. The minimum atomic E-state index is -0.178. The van der Waals surface area contributed by atoms with Gasteiger partial charge in [0.1, 0.15) is 5.82 Å². The van der Waals surface area contributed by atoms with Gasteiger partial charge in [-0.05, 0) is 55.5 Å². The fourth-order valence-corrected chi connectivity index (χ4v) is 2.45. The number of rotatable bonds is 0. The molecule has 0 saturated carbocycles. The van der Waals surface area contributed by atoms with Crippen LogP contribution >= 0.6 is 0 Å². The zero-order valence-electron chi connectivity index (χ0n) is 9.17. The predicted octanol–water partition coefficient (Wildman–Crippen LogP) is 3.64. The van der Waals surface area contributed by atoms with Gasteiger partial charge in [-0.15, -0.1) is 0 Å². The Kier molecular flexibility index (Phi) is 2.35. The standard InChI is InChI=1S/C14H14FN/c15-12-6-7-14-11(9-12)8-10-4-2-1-3-5-13(10)16-14/h6-9H,1-5H2. The lowest BCUT2D eigenvalue weighted by molar-refractivity contribution is 0.629. The topological polar surface area (TPSA) is 12.9 Å². The molecule has 1 aliphatic carbocycles. The Morgan fingerprint density at radius 1 is 1.00 bits per heavy atom. The van der Waals surface area contributed by atoms with E-state index in [0.29, 0.717) is 0 Å². The maximum atomic E-state index is 13.1. The molecule has 16 heavy (non-hydrogen) atoms. The van der Waals surface area contributed by atoms with Crippen LogP contribution < -0.4 is 0 Å². The number of aryl methyl sites for hydroxylation is 2. The van der Waals surface area contributed by atoms with E-state index in [2.05, 4.69) is 11.1 Å². The Labute approximate surface area is 94.3 Å². The summed E-state index contributed by atoms with van der Waals surface area (Å²) >= 11 is 0. The maximum Gasteiger partial charge on any atom is 0.123 e. The molecule has 1 nitrogen and oxygen atoms in total. The number of benzene rings is 1. The van der Waals surface area contributed by atoms with Crippen LogP contribution in [0.4, 0.5) is 4.39 Å². The molecule has 3 rings (SSSR count). The third-order valence-electron chi connectivity index (χ3n) is 3.31. The van der Waals surface area contributed by atoms with E-state index in [0.717, 1.165) is 23.7 Å². The van der Waals surface area contributed by atoms with E-state index in [1.807, 2.05) is 0 Å². The Morgan fingerprint density at radius 2 is 1.88 bits per heavy atom. The first-order chi connectivity index (χ1) is 7.83. The van der Waals surface area contributed by atoms with Gasteiger partial charge >= 0.3 is 0 Å². The fourth-order valence-electron chi connectivity index (χ4n) is 2.45. The molecule has 82 valence electrons. The van der Waals surface area contributed by atoms with Gasteiger partial charge in [-0.2, -0.15) is 0 Å². The van der Waals surface area contributed by atoms with Crippen molar-refractivity contribution in [1.82, 2.24) is 4.98 Å². The van der Waals surface area contributed by atoms with Gasteiger partial charge in [-0.3, -0.25) is 4.98 Å². The summed E-state index contributed by atoms with van der Waals surface area (Å²) in [6, 6.07) is 6.95. The molecular formula is C14H14FN. The molecule has 0 atom stereocenters. The van der Waals surface area contributed by atoms with E-state index in [1.165, 1.54) is 36.6 Å². The molecular weight excluding hydrogens is 201 g/mol. The molecule has 0 saturated heterocycles. The van der Waals surface area contributed by atoms with Crippen LogP contribution in [0.2, 0.25) is 0 Å². The Bertz CT molecular complexity index is 533. The normalized spacial score (nSPS) is 15.8. The van der Waals surface area contributed by atoms with Crippen molar-refractivity contribution in [3.63, 3.8) is 0 Å². The highest BCUT2D eigenvalue weighted by Crippen LogP contribution is 2.23. The minimum Gasteiger partial charge on any atom is -0.253 e. The SMILES string of the molecule is Fc1ccc2nc3c(cc2c1)CCCCC3. The van der Waals surface area contributed by atoms with Crippen molar-refractivity contribution in [2.24, 2.45) is 0 Å². The lowest BCUT2D eigenvalue weighted by Gasteiger charge is -2.07. The summed E-state index contributed by atoms with van der Waals surface area (Å²) < 4.78 is 13.1. The van der Waals surface area contributed by atoms with Gasteiger partial charge < -0.3 is 0 Å². The lowest BCUT2D eigenvalue weighted by atomic mass is 10.1. The van der Waals surface area contributed by atoms with Crippen LogP contribution in [0.25, 0.3) is 10.9 Å². The van der Waals surface area contributed by atoms with Gasteiger partial charge in [0.2, 0.25) is 0 Å². The number of hydrogen-bond donors (Lipinski definition) is 0. The molecule has 0 radical (unpaired) electrons. The number of nitrogens with zero attached hydrogens (tertiary/aromatic N) is 1. The molecule has 1 aromatic carbocycles. The molecule has 0 fully saturated rings. The van der Waals surface area contributed by atoms with Gasteiger partial charge in [0.25, 0.3) is 0 Å². The number of fused-ring (bicyclic) bond motifs is 2. The van der Waals surface area contributed by atoms with Crippen molar-refractivity contribution < 1.29 is 4.39 Å². The summed E-state index contributed by atoms with van der Waals surface area (Å²) in [5.41, 5.74) is 3.45. The molecule has 0 bridgehead atoms. The highest BCUT2D eigenvalue weighted by atomic mass is 19.1. The van der Waals surface area contributed by atoms with Crippen molar-refractivity contribution in [2.75, 3.05) is 0 Å². The van der Waals surface area contributed by atoms with E-state index in [9.17, 15) is 4.39 Å². The fraction of sp³-hybridized carbons (Fsp3) is 0.357. The summed E-state index contributed by atoms with van der Waals surface area (Å²) in [5.74, 6) is -0.178. The summed E-state index contributed by atoms with van der Waals surface area (Å²) in [4.78, 5) is 4.65. The van der Waals surface area contributed by atoms with E-state index >= 15 is 0 Å². The van der Waals surface area contributed by atoms with Crippen LogP contribution in [0.1, 0.15) is 30.5 Å². The third kappa shape index (κ3) is 1.69. The highest BCUT2D eigenvalue weighted by Gasteiger charge is 2.10. The van der Waals surface area contributed by atoms with E-state index in [-0.39, 0.29) is 5.82 Å². The highest BCUT2D eigenvalue weighted by molar-refractivity contribution is 5.79. The van der Waals surface area contributed by atoms with Gasteiger partial charge in [-0.25, -0.2) is 4.39 Å². The zero-order chi connectivity index (χ0) is 11.0. The molecule has 2 aromatic rings. The Hall–Kier alpha value is -1.44. The first kappa shape index (κ1) is 9.76. The first-order valence-electron chi connectivity index (χ1n) is 5.91. The van der Waals surface area contributed by atoms with Crippen molar-refractivity contribution in [3.05, 3.63) is 41.3 Å². The maximum absolute atomic E-state index is 13.1. The third-order valence-corrected chi connectivity index (χ3v) is 3.31.